The highest BCUT2D eigenvalue weighted by Crippen LogP contribution is 2.27. The molecule has 0 bridgehead atoms. The predicted octanol–water partition coefficient (Wildman–Crippen LogP) is 3.75. The molecule has 0 unspecified atom stereocenters. The van der Waals surface area contributed by atoms with Crippen LogP contribution in [0.4, 0.5) is 10.8 Å². The van der Waals surface area contributed by atoms with E-state index in [1.165, 1.54) is 16.9 Å². The average molecular weight is 297 g/mol. The van der Waals surface area contributed by atoms with Crippen LogP contribution in [0.2, 0.25) is 0 Å². The molecule has 3 aromatic rings. The molecule has 2 aromatic carbocycles. The van der Waals surface area contributed by atoms with E-state index in [0.717, 1.165) is 15.8 Å². The minimum Gasteiger partial charge on any atom is -0.399 e. The normalized spacial score (nSPS) is 10.8. The summed E-state index contributed by atoms with van der Waals surface area (Å²) in [5.74, 6) is -0.193. The number of nitrogens with two attached hydrogens (primary N) is 1. The summed E-state index contributed by atoms with van der Waals surface area (Å²) in [5.41, 5.74) is 9.93. The topological polar surface area (TPSA) is 68.0 Å². The highest BCUT2D eigenvalue weighted by atomic mass is 32.1. The van der Waals surface area contributed by atoms with Crippen molar-refractivity contribution in [3.63, 3.8) is 0 Å². The summed E-state index contributed by atoms with van der Waals surface area (Å²) in [6.07, 6.45) is 0. The van der Waals surface area contributed by atoms with Gasteiger partial charge in [-0.25, -0.2) is 4.98 Å². The molecule has 0 aliphatic rings. The number of thiazole rings is 1. The van der Waals surface area contributed by atoms with Crippen molar-refractivity contribution in [1.82, 2.24) is 4.98 Å². The van der Waals surface area contributed by atoms with E-state index in [0.29, 0.717) is 16.4 Å². The van der Waals surface area contributed by atoms with Gasteiger partial charge in [-0.05, 0) is 55.3 Å². The monoisotopic (exact) mass is 297 g/mol. The second-order valence-corrected chi connectivity index (χ2v) is 6.11. The number of nitrogens with zero attached hydrogens (tertiary/aromatic N) is 1. The highest BCUT2D eigenvalue weighted by molar-refractivity contribution is 7.22. The summed E-state index contributed by atoms with van der Waals surface area (Å²) in [6.45, 7) is 3.94. The van der Waals surface area contributed by atoms with E-state index in [4.69, 9.17) is 5.73 Å². The number of aryl methyl sites for hydroxylation is 2. The number of carbonyl (C=O) groups excluding carboxylic acids is 1. The van der Waals surface area contributed by atoms with Crippen molar-refractivity contribution in [1.29, 1.82) is 0 Å². The van der Waals surface area contributed by atoms with E-state index >= 15 is 0 Å². The number of hydrogen-bond donors (Lipinski definition) is 2. The molecule has 1 heterocycles. The second kappa shape index (κ2) is 5.18. The zero-order valence-electron chi connectivity index (χ0n) is 11.8. The van der Waals surface area contributed by atoms with Crippen molar-refractivity contribution in [3.05, 3.63) is 53.1 Å². The summed E-state index contributed by atoms with van der Waals surface area (Å²) in [7, 11) is 0. The molecule has 3 N–H and O–H groups in total. The second-order valence-electron chi connectivity index (χ2n) is 5.08. The number of benzene rings is 2. The van der Waals surface area contributed by atoms with E-state index in [1.54, 1.807) is 6.07 Å². The van der Waals surface area contributed by atoms with Crippen LogP contribution in [0.5, 0.6) is 0 Å². The maximum atomic E-state index is 12.3. The molecular weight excluding hydrogens is 282 g/mol. The van der Waals surface area contributed by atoms with E-state index in [1.807, 2.05) is 38.1 Å². The summed E-state index contributed by atoms with van der Waals surface area (Å²) < 4.78 is 1.06. The van der Waals surface area contributed by atoms with Crippen LogP contribution in [0.15, 0.2) is 36.4 Å². The van der Waals surface area contributed by atoms with Gasteiger partial charge in [0, 0.05) is 11.3 Å². The van der Waals surface area contributed by atoms with Crippen LogP contribution in [-0.2, 0) is 0 Å². The van der Waals surface area contributed by atoms with Crippen LogP contribution in [0, 0.1) is 13.8 Å². The first-order chi connectivity index (χ1) is 10.0. The Morgan fingerprint density at radius 2 is 1.95 bits per heavy atom. The van der Waals surface area contributed by atoms with Crippen LogP contribution in [0.25, 0.3) is 10.2 Å². The number of aromatic nitrogens is 1. The Labute approximate surface area is 126 Å². The van der Waals surface area contributed by atoms with Gasteiger partial charge in [0.25, 0.3) is 5.91 Å². The van der Waals surface area contributed by atoms with Crippen LogP contribution in [0.3, 0.4) is 0 Å². The fourth-order valence-corrected chi connectivity index (χ4v) is 3.16. The third-order valence-electron chi connectivity index (χ3n) is 3.13. The maximum absolute atomic E-state index is 12.3. The van der Waals surface area contributed by atoms with Gasteiger partial charge < -0.3 is 5.73 Å². The van der Waals surface area contributed by atoms with Crippen LogP contribution >= 0.6 is 11.3 Å². The average Bonchev–Trinajstić information content (AvgIpc) is 2.78. The Kier molecular flexibility index (Phi) is 3.35. The smallest absolute Gasteiger partial charge is 0.257 e. The molecule has 21 heavy (non-hydrogen) atoms. The molecule has 0 saturated heterocycles. The Balaban J connectivity index is 1.88. The van der Waals surface area contributed by atoms with Gasteiger partial charge in [-0.2, -0.15) is 0 Å². The first-order valence-corrected chi connectivity index (χ1v) is 7.38. The van der Waals surface area contributed by atoms with Gasteiger partial charge in [0.1, 0.15) is 0 Å². The lowest BCUT2D eigenvalue weighted by atomic mass is 10.1. The zero-order valence-corrected chi connectivity index (χ0v) is 12.6. The van der Waals surface area contributed by atoms with Crippen molar-refractivity contribution in [2.45, 2.75) is 13.8 Å². The van der Waals surface area contributed by atoms with Gasteiger partial charge in [0.15, 0.2) is 5.13 Å². The minimum absolute atomic E-state index is 0.193. The molecule has 0 fully saturated rings. The van der Waals surface area contributed by atoms with Gasteiger partial charge in [-0.3, -0.25) is 10.1 Å². The Morgan fingerprint density at radius 3 is 2.71 bits per heavy atom. The third kappa shape index (κ3) is 2.87. The predicted molar refractivity (Wildman–Crippen MR) is 87.9 cm³/mol. The Morgan fingerprint density at radius 1 is 1.14 bits per heavy atom. The van der Waals surface area contributed by atoms with Crippen molar-refractivity contribution in [2.24, 2.45) is 0 Å². The fraction of sp³-hybridized carbons (Fsp3) is 0.125. The van der Waals surface area contributed by atoms with Gasteiger partial charge >= 0.3 is 0 Å². The van der Waals surface area contributed by atoms with E-state index in [-0.39, 0.29) is 5.91 Å². The first kappa shape index (κ1) is 13.6. The number of fused-ring (bicyclic) bond motifs is 1. The number of anilines is 2. The van der Waals surface area contributed by atoms with Crippen molar-refractivity contribution >= 4 is 38.3 Å². The lowest BCUT2D eigenvalue weighted by Gasteiger charge is -2.04. The molecule has 5 heteroatoms. The molecule has 0 atom stereocenters. The molecule has 1 aromatic heterocycles. The summed E-state index contributed by atoms with van der Waals surface area (Å²) >= 11 is 1.47. The zero-order chi connectivity index (χ0) is 15.0. The highest BCUT2D eigenvalue weighted by Gasteiger charge is 2.11. The van der Waals surface area contributed by atoms with Gasteiger partial charge in [-0.1, -0.05) is 17.4 Å². The SMILES string of the molecule is Cc1cc(N)cc(C(=O)Nc2nc3ccc(C)cc3s2)c1. The number of amides is 1. The fourth-order valence-electron chi connectivity index (χ4n) is 2.20. The molecule has 0 aliphatic heterocycles. The molecule has 1 amide bonds. The number of carbonyl (C=O) groups is 1. The Hall–Kier alpha value is -2.40. The van der Waals surface area contributed by atoms with Gasteiger partial charge in [0.2, 0.25) is 0 Å². The lowest BCUT2D eigenvalue weighted by Crippen LogP contribution is -2.12. The molecule has 0 radical (unpaired) electrons. The maximum Gasteiger partial charge on any atom is 0.257 e. The summed E-state index contributed by atoms with van der Waals surface area (Å²) in [5, 5.41) is 3.43. The van der Waals surface area contributed by atoms with Crippen molar-refractivity contribution in [3.8, 4) is 0 Å². The summed E-state index contributed by atoms with van der Waals surface area (Å²) in [6, 6.07) is 11.3. The number of rotatable bonds is 2. The largest absolute Gasteiger partial charge is 0.399 e. The van der Waals surface area contributed by atoms with Crippen LogP contribution in [0.1, 0.15) is 21.5 Å². The molecular formula is C16H15N3OS. The van der Waals surface area contributed by atoms with E-state index < -0.39 is 0 Å². The number of hydrogen-bond acceptors (Lipinski definition) is 4. The van der Waals surface area contributed by atoms with Crippen molar-refractivity contribution in [2.75, 3.05) is 11.1 Å². The van der Waals surface area contributed by atoms with Crippen molar-refractivity contribution < 1.29 is 4.79 Å². The molecule has 106 valence electrons. The minimum atomic E-state index is -0.193. The van der Waals surface area contributed by atoms with Gasteiger partial charge in [-0.15, -0.1) is 0 Å². The third-order valence-corrected chi connectivity index (χ3v) is 4.06. The first-order valence-electron chi connectivity index (χ1n) is 6.57. The quantitative estimate of drug-likeness (QED) is 0.708. The van der Waals surface area contributed by atoms with E-state index in [9.17, 15) is 4.79 Å². The molecule has 0 spiro atoms. The van der Waals surface area contributed by atoms with Crippen LogP contribution in [-0.4, -0.2) is 10.9 Å². The number of nitrogens with one attached hydrogen (secondary N) is 1. The van der Waals surface area contributed by atoms with Crippen LogP contribution < -0.4 is 11.1 Å². The number of nitrogen functional groups attached to an aromatic ring is 1. The summed E-state index contributed by atoms with van der Waals surface area (Å²) in [4.78, 5) is 16.7. The standard InChI is InChI=1S/C16H15N3OS/c1-9-3-4-13-14(7-9)21-16(18-13)19-15(20)11-5-10(2)6-12(17)8-11/h3-8H,17H2,1-2H3,(H,18,19,20). The van der Waals surface area contributed by atoms with Gasteiger partial charge in [0.05, 0.1) is 10.2 Å². The molecule has 0 aliphatic carbocycles. The lowest BCUT2D eigenvalue weighted by molar-refractivity contribution is 0.102. The van der Waals surface area contributed by atoms with E-state index in [2.05, 4.69) is 16.4 Å². The Bertz CT molecular complexity index is 818. The molecule has 4 nitrogen and oxygen atoms in total. The molecule has 0 saturated carbocycles. The molecule has 3 rings (SSSR count).